The highest BCUT2D eigenvalue weighted by Crippen LogP contribution is 2.32. The monoisotopic (exact) mass is 374 g/mol. The number of aryl methyl sites for hydroxylation is 2. The predicted octanol–water partition coefficient (Wildman–Crippen LogP) is 2.83. The van der Waals surface area contributed by atoms with Crippen LogP contribution in [0.3, 0.4) is 0 Å². The Morgan fingerprint density at radius 3 is 1.61 bits per heavy atom. The highest BCUT2D eigenvalue weighted by atomic mass is 32.2. The molecule has 0 saturated heterocycles. The molecule has 11 heteroatoms. The van der Waals surface area contributed by atoms with Crippen LogP contribution >= 0.6 is 34.9 Å². The first-order valence-corrected chi connectivity index (χ1v) is 9.08. The van der Waals surface area contributed by atoms with E-state index >= 15 is 0 Å². The van der Waals surface area contributed by atoms with Gasteiger partial charge in [0.05, 0.1) is 11.5 Å². The Morgan fingerprint density at radius 1 is 0.826 bits per heavy atom. The van der Waals surface area contributed by atoms with Crippen molar-refractivity contribution in [2.75, 3.05) is 0 Å². The van der Waals surface area contributed by atoms with Crippen LogP contribution in [0.4, 0.5) is 0 Å². The van der Waals surface area contributed by atoms with Crippen LogP contribution in [0.1, 0.15) is 23.0 Å². The molecule has 0 aliphatic heterocycles. The summed E-state index contributed by atoms with van der Waals surface area (Å²) < 4.78 is 20.9. The van der Waals surface area contributed by atoms with Crippen molar-refractivity contribution in [3.05, 3.63) is 44.3 Å². The molecule has 8 nitrogen and oxygen atoms in total. The second kappa shape index (κ2) is 6.81. The average Bonchev–Trinajstić information content (AvgIpc) is 3.15. The van der Waals surface area contributed by atoms with E-state index in [9.17, 15) is 9.59 Å². The van der Waals surface area contributed by atoms with Crippen molar-refractivity contribution in [1.29, 1.82) is 0 Å². The molecule has 0 aromatic carbocycles. The highest BCUT2D eigenvalue weighted by molar-refractivity contribution is 8.02. The molecule has 122 valence electrons. The Labute approximate surface area is 141 Å². The van der Waals surface area contributed by atoms with Crippen molar-refractivity contribution in [1.82, 2.24) is 10.2 Å². The van der Waals surface area contributed by atoms with Crippen molar-refractivity contribution in [3.63, 3.8) is 0 Å². The van der Waals surface area contributed by atoms with E-state index in [0.717, 1.165) is 8.68 Å². The summed E-state index contributed by atoms with van der Waals surface area (Å²) in [6.07, 6.45) is 0. The molecule has 0 N–H and O–H groups in total. The second-order valence-electron chi connectivity index (χ2n) is 4.28. The molecule has 3 aromatic heterocycles. The van der Waals surface area contributed by atoms with Gasteiger partial charge in [0, 0.05) is 0 Å². The minimum atomic E-state index is -0.705. The maximum Gasteiger partial charge on any atom is 0.519 e. The molecule has 0 bridgehead atoms. The molecule has 3 heterocycles. The molecule has 0 spiro atoms. The highest BCUT2D eigenvalue weighted by Gasteiger charge is 2.13. The van der Waals surface area contributed by atoms with E-state index in [2.05, 4.69) is 10.2 Å². The van der Waals surface area contributed by atoms with Gasteiger partial charge in [-0.2, -0.15) is 0 Å². The van der Waals surface area contributed by atoms with Gasteiger partial charge in [-0.1, -0.05) is 34.9 Å². The second-order valence-corrected chi connectivity index (χ2v) is 7.70. The lowest BCUT2D eigenvalue weighted by Gasteiger charge is -1.93. The van der Waals surface area contributed by atoms with Crippen LogP contribution in [0, 0.1) is 13.8 Å². The molecule has 0 amide bonds. The number of hydrogen-bond donors (Lipinski definition) is 0. The van der Waals surface area contributed by atoms with Gasteiger partial charge in [0.1, 0.15) is 11.5 Å². The Morgan fingerprint density at radius 2 is 1.26 bits per heavy atom. The molecule has 3 rings (SSSR count). The molecule has 0 atom stereocenters. The number of aromatic nitrogens is 2. The van der Waals surface area contributed by atoms with E-state index in [1.165, 1.54) is 34.9 Å². The van der Waals surface area contributed by atoms with E-state index < -0.39 is 11.6 Å². The smallest absolute Gasteiger partial charge is 0.396 e. The van der Waals surface area contributed by atoms with Gasteiger partial charge >= 0.3 is 11.6 Å². The van der Waals surface area contributed by atoms with Crippen LogP contribution in [0.5, 0.6) is 0 Å². The quantitative estimate of drug-likeness (QED) is 0.597. The molecular formula is C12H10N2O6S3. The van der Waals surface area contributed by atoms with E-state index in [1.54, 1.807) is 13.8 Å². The van der Waals surface area contributed by atoms with Crippen molar-refractivity contribution in [3.8, 4) is 0 Å². The lowest BCUT2D eigenvalue weighted by atomic mass is 10.4. The summed E-state index contributed by atoms with van der Waals surface area (Å²) in [7, 11) is 0. The van der Waals surface area contributed by atoms with Gasteiger partial charge in [0.15, 0.2) is 20.2 Å². The predicted molar refractivity (Wildman–Crippen MR) is 83.0 cm³/mol. The fraction of sp³-hybridized carbons (Fsp3) is 0.333. The van der Waals surface area contributed by atoms with Crippen LogP contribution in [-0.4, -0.2) is 10.2 Å². The Kier molecular flexibility index (Phi) is 4.78. The third-order valence-electron chi connectivity index (χ3n) is 2.71. The minimum Gasteiger partial charge on any atom is -0.396 e. The summed E-state index contributed by atoms with van der Waals surface area (Å²) in [6, 6.07) is 0. The van der Waals surface area contributed by atoms with Crippen molar-refractivity contribution in [2.24, 2.45) is 0 Å². The topological polar surface area (TPSA) is 112 Å². The van der Waals surface area contributed by atoms with E-state index in [-0.39, 0.29) is 0 Å². The van der Waals surface area contributed by atoms with E-state index in [0.29, 0.717) is 34.5 Å². The lowest BCUT2D eigenvalue weighted by Crippen LogP contribution is -1.86. The number of rotatable bonds is 6. The van der Waals surface area contributed by atoms with Gasteiger partial charge in [-0.05, 0) is 13.8 Å². The number of hydrogen-bond acceptors (Lipinski definition) is 11. The van der Waals surface area contributed by atoms with Crippen LogP contribution in [0.25, 0.3) is 0 Å². The number of thioether (sulfide) groups is 2. The SMILES string of the molecule is Cc1oc(=O)oc1CSc1nnc(SCc2oc(=O)oc2C)s1. The first-order valence-electron chi connectivity index (χ1n) is 6.29. The molecule has 0 aliphatic carbocycles. The third-order valence-corrected chi connectivity index (χ3v) is 5.90. The largest absolute Gasteiger partial charge is 0.519 e. The van der Waals surface area contributed by atoms with Crippen LogP contribution in [0.15, 0.2) is 35.9 Å². The molecule has 0 aliphatic rings. The molecule has 0 saturated carbocycles. The zero-order valence-electron chi connectivity index (χ0n) is 12.0. The first-order chi connectivity index (χ1) is 11.0. The molecule has 3 aromatic rings. The zero-order chi connectivity index (χ0) is 16.4. The van der Waals surface area contributed by atoms with Crippen molar-refractivity contribution < 1.29 is 17.7 Å². The summed E-state index contributed by atoms with van der Waals surface area (Å²) in [6.45, 7) is 3.34. The van der Waals surface area contributed by atoms with Gasteiger partial charge in [-0.15, -0.1) is 10.2 Å². The van der Waals surface area contributed by atoms with Crippen LogP contribution < -0.4 is 11.6 Å². The molecule has 23 heavy (non-hydrogen) atoms. The molecule has 0 fully saturated rings. The van der Waals surface area contributed by atoms with Gasteiger partial charge in [-0.3, -0.25) is 0 Å². The standard InChI is InChI=1S/C12H10N2O6S3/c1-5-7(19-11(15)17-5)3-21-9-13-14-10(23-9)22-4-8-6(2)18-12(16)20-8/h3-4H2,1-2H3. The fourth-order valence-electron chi connectivity index (χ4n) is 1.58. The minimum absolute atomic E-state index is 0.437. The Bertz CT molecular complexity index is 845. The molecule has 0 unspecified atom stereocenters. The van der Waals surface area contributed by atoms with Crippen molar-refractivity contribution in [2.45, 2.75) is 34.0 Å². The van der Waals surface area contributed by atoms with Gasteiger partial charge < -0.3 is 17.7 Å². The third kappa shape index (κ3) is 3.98. The van der Waals surface area contributed by atoms with Crippen LogP contribution in [-0.2, 0) is 11.5 Å². The summed E-state index contributed by atoms with van der Waals surface area (Å²) in [5, 5.41) is 8.10. The number of nitrogens with zero attached hydrogens (tertiary/aromatic N) is 2. The van der Waals surface area contributed by atoms with Crippen molar-refractivity contribution >= 4 is 34.9 Å². The summed E-state index contributed by atoms with van der Waals surface area (Å²) in [5.74, 6) is 1.37. The van der Waals surface area contributed by atoms with E-state index in [1.807, 2.05) is 0 Å². The summed E-state index contributed by atoms with van der Waals surface area (Å²) in [5.41, 5.74) is 0. The molecular weight excluding hydrogens is 364 g/mol. The maximum absolute atomic E-state index is 11.0. The average molecular weight is 374 g/mol. The zero-order valence-corrected chi connectivity index (χ0v) is 14.4. The fourth-order valence-corrected chi connectivity index (χ4v) is 4.58. The van der Waals surface area contributed by atoms with Crippen LogP contribution in [0.2, 0.25) is 0 Å². The lowest BCUT2D eigenvalue weighted by molar-refractivity contribution is 0.372. The van der Waals surface area contributed by atoms with E-state index in [4.69, 9.17) is 17.7 Å². The Hall–Kier alpha value is -1.72. The first kappa shape index (κ1) is 16.1. The van der Waals surface area contributed by atoms with Gasteiger partial charge in [0.2, 0.25) is 0 Å². The Balaban J connectivity index is 1.57. The normalized spacial score (nSPS) is 11.2. The van der Waals surface area contributed by atoms with Gasteiger partial charge in [0.25, 0.3) is 0 Å². The molecule has 0 radical (unpaired) electrons. The maximum atomic E-state index is 11.0. The summed E-state index contributed by atoms with van der Waals surface area (Å²) >= 11 is 4.20. The van der Waals surface area contributed by atoms with Gasteiger partial charge in [-0.25, -0.2) is 9.59 Å². The summed E-state index contributed by atoms with van der Waals surface area (Å²) in [4.78, 5) is 21.9.